The van der Waals surface area contributed by atoms with Gasteiger partial charge in [0.25, 0.3) is 5.91 Å². The van der Waals surface area contributed by atoms with Crippen molar-refractivity contribution in [1.29, 1.82) is 0 Å². The van der Waals surface area contributed by atoms with Crippen molar-refractivity contribution in [1.82, 2.24) is 9.62 Å². The van der Waals surface area contributed by atoms with Crippen molar-refractivity contribution in [2.24, 2.45) is 4.99 Å². The summed E-state index contributed by atoms with van der Waals surface area (Å²) in [7, 11) is -3.70. The average Bonchev–Trinajstić information content (AvgIpc) is 3.21. The van der Waals surface area contributed by atoms with E-state index >= 15 is 0 Å². The van der Waals surface area contributed by atoms with Crippen LogP contribution in [0.5, 0.6) is 5.75 Å². The lowest BCUT2D eigenvalue weighted by atomic mass is 9.89. The summed E-state index contributed by atoms with van der Waals surface area (Å²) in [5.74, 6) is -1.20. The number of benzene rings is 2. The molecule has 10 nitrogen and oxygen atoms in total. The fourth-order valence-corrected chi connectivity index (χ4v) is 6.47. The summed E-state index contributed by atoms with van der Waals surface area (Å²) in [6, 6.07) is 10.4. The molecule has 2 aliphatic rings. The molecule has 1 fully saturated rings. The standard InChI is InChI=1S/C27H31F3N4O6S/c1-18-6-7-22(34(13-14-35)19(2)36)16-20(18)8-15-41(38,39)33-11-9-26(10-12-33)25(37)31-24(32-26)21-4-3-5-23(17-21)40-27(28,29)30/h3-7,16-17,35H,8-15H2,1-2H3,(H,31,32,37). The Bertz CT molecular complexity index is 1450. The van der Waals surface area contributed by atoms with Crippen molar-refractivity contribution in [3.63, 3.8) is 0 Å². The van der Waals surface area contributed by atoms with Crippen molar-refractivity contribution in [3.05, 3.63) is 59.2 Å². The van der Waals surface area contributed by atoms with Gasteiger partial charge in [-0.25, -0.2) is 12.7 Å². The number of amidine groups is 1. The largest absolute Gasteiger partial charge is 0.573 e. The number of alkyl halides is 3. The van der Waals surface area contributed by atoms with Gasteiger partial charge in [-0.05, 0) is 61.6 Å². The first-order valence-electron chi connectivity index (χ1n) is 13.0. The number of ether oxygens (including phenoxy) is 1. The molecule has 222 valence electrons. The summed E-state index contributed by atoms with van der Waals surface area (Å²) in [5, 5.41) is 11.9. The predicted octanol–water partition coefficient (Wildman–Crippen LogP) is 2.52. The van der Waals surface area contributed by atoms with Gasteiger partial charge in [0.1, 0.15) is 17.1 Å². The molecule has 1 saturated heterocycles. The van der Waals surface area contributed by atoms with Crippen LogP contribution in [0.15, 0.2) is 47.5 Å². The molecular formula is C27H31F3N4O6S. The van der Waals surface area contributed by atoms with E-state index in [0.29, 0.717) is 5.69 Å². The summed E-state index contributed by atoms with van der Waals surface area (Å²) in [4.78, 5) is 30.8. The topological polar surface area (TPSA) is 129 Å². The highest BCUT2D eigenvalue weighted by Crippen LogP contribution is 2.33. The number of nitrogens with zero attached hydrogens (tertiary/aromatic N) is 3. The summed E-state index contributed by atoms with van der Waals surface area (Å²) in [6.07, 6.45) is -4.43. The Morgan fingerprint density at radius 2 is 1.90 bits per heavy atom. The van der Waals surface area contributed by atoms with E-state index in [1.54, 1.807) is 18.2 Å². The number of anilines is 1. The van der Waals surface area contributed by atoms with Crippen LogP contribution in [0.2, 0.25) is 0 Å². The molecular weight excluding hydrogens is 565 g/mol. The second kappa shape index (κ2) is 11.8. The van der Waals surface area contributed by atoms with Crippen molar-refractivity contribution < 1.29 is 41.0 Å². The molecule has 2 amide bonds. The molecule has 4 rings (SSSR count). The third-order valence-electron chi connectivity index (χ3n) is 7.24. The van der Waals surface area contributed by atoms with Crippen molar-refractivity contribution in [2.45, 2.75) is 45.0 Å². The second-order valence-electron chi connectivity index (χ2n) is 9.99. The highest BCUT2D eigenvalue weighted by atomic mass is 32.2. The van der Waals surface area contributed by atoms with Gasteiger partial charge in [0.2, 0.25) is 15.9 Å². The van der Waals surface area contributed by atoms with Crippen LogP contribution in [-0.4, -0.2) is 79.4 Å². The first kappa shape index (κ1) is 30.5. The Morgan fingerprint density at radius 1 is 1.20 bits per heavy atom. The van der Waals surface area contributed by atoms with Gasteiger partial charge in [-0.3, -0.25) is 14.6 Å². The highest BCUT2D eigenvalue weighted by molar-refractivity contribution is 7.89. The van der Waals surface area contributed by atoms with Crippen LogP contribution in [0.1, 0.15) is 36.5 Å². The Kier molecular flexibility index (Phi) is 8.76. The first-order valence-corrected chi connectivity index (χ1v) is 14.6. The van der Waals surface area contributed by atoms with Gasteiger partial charge in [0.05, 0.1) is 12.4 Å². The van der Waals surface area contributed by atoms with Crippen LogP contribution in [-0.2, 0) is 26.0 Å². The number of aryl methyl sites for hydroxylation is 2. The van der Waals surface area contributed by atoms with Crippen LogP contribution in [0.3, 0.4) is 0 Å². The first-order chi connectivity index (χ1) is 19.2. The number of amides is 2. The summed E-state index contributed by atoms with van der Waals surface area (Å²) >= 11 is 0. The van der Waals surface area contributed by atoms with Gasteiger partial charge in [-0.2, -0.15) is 0 Å². The third kappa shape index (κ3) is 7.05. The molecule has 0 bridgehead atoms. The van der Waals surface area contributed by atoms with Crippen LogP contribution in [0.25, 0.3) is 0 Å². The molecule has 2 N–H and O–H groups in total. The number of aliphatic imine (C=N–C) groups is 1. The van der Waals surface area contributed by atoms with Gasteiger partial charge < -0.3 is 20.1 Å². The van der Waals surface area contributed by atoms with E-state index in [-0.39, 0.29) is 68.6 Å². The molecule has 0 aromatic heterocycles. The van der Waals surface area contributed by atoms with E-state index in [0.717, 1.165) is 23.3 Å². The highest BCUT2D eigenvalue weighted by Gasteiger charge is 2.47. The smallest absolute Gasteiger partial charge is 0.406 e. The molecule has 0 unspecified atom stereocenters. The summed E-state index contributed by atoms with van der Waals surface area (Å²) in [6.45, 7) is 3.25. The van der Waals surface area contributed by atoms with Crippen LogP contribution >= 0.6 is 0 Å². The summed E-state index contributed by atoms with van der Waals surface area (Å²) < 4.78 is 69.5. The van der Waals surface area contributed by atoms with E-state index in [1.165, 1.54) is 28.3 Å². The zero-order chi connectivity index (χ0) is 30.0. The van der Waals surface area contributed by atoms with E-state index in [4.69, 9.17) is 0 Å². The molecule has 2 aromatic rings. The van der Waals surface area contributed by atoms with Gasteiger partial charge in [-0.1, -0.05) is 18.2 Å². The number of halogens is 3. The Labute approximate surface area is 235 Å². The van der Waals surface area contributed by atoms with E-state index in [2.05, 4.69) is 15.0 Å². The number of nitrogens with one attached hydrogen (secondary N) is 1. The van der Waals surface area contributed by atoms with E-state index in [9.17, 15) is 36.3 Å². The number of hydrogen-bond acceptors (Lipinski definition) is 7. The van der Waals surface area contributed by atoms with Crippen molar-refractivity contribution in [2.75, 3.05) is 36.9 Å². The van der Waals surface area contributed by atoms with Crippen molar-refractivity contribution >= 4 is 33.4 Å². The Balaban J connectivity index is 1.42. The average molecular weight is 597 g/mol. The SMILES string of the molecule is CC(=O)N(CCO)c1ccc(C)c(CCS(=O)(=O)N2CCC3(CC2)N=C(c2cccc(OC(F)(F)F)c2)NC3=O)c1. The Morgan fingerprint density at radius 3 is 2.54 bits per heavy atom. The lowest BCUT2D eigenvalue weighted by Gasteiger charge is -2.34. The fourth-order valence-electron chi connectivity index (χ4n) is 5.00. The van der Waals surface area contributed by atoms with Crippen LogP contribution in [0.4, 0.5) is 18.9 Å². The zero-order valence-corrected chi connectivity index (χ0v) is 23.4. The molecule has 14 heteroatoms. The molecule has 0 saturated carbocycles. The normalized spacial score (nSPS) is 17.3. The molecule has 0 radical (unpaired) electrons. The van der Waals surface area contributed by atoms with E-state index in [1.807, 2.05) is 6.92 Å². The lowest BCUT2D eigenvalue weighted by Crippen LogP contribution is -2.50. The molecule has 0 atom stereocenters. The number of carbonyl (C=O) groups is 2. The second-order valence-corrected chi connectivity index (χ2v) is 12.1. The third-order valence-corrected chi connectivity index (χ3v) is 9.11. The predicted molar refractivity (Wildman–Crippen MR) is 145 cm³/mol. The van der Waals surface area contributed by atoms with Crippen LogP contribution in [0, 0.1) is 6.92 Å². The monoisotopic (exact) mass is 596 g/mol. The minimum atomic E-state index is -4.87. The minimum Gasteiger partial charge on any atom is -0.406 e. The maximum absolute atomic E-state index is 13.2. The number of aliphatic hydroxyl groups is 1. The number of hydrogen-bond donors (Lipinski definition) is 2. The number of carbonyl (C=O) groups excluding carboxylic acids is 2. The number of rotatable bonds is 9. The minimum absolute atomic E-state index is 0.0530. The number of piperidine rings is 1. The fraction of sp³-hybridized carbons (Fsp3) is 0.444. The number of aliphatic hydroxyl groups excluding tert-OH is 1. The molecule has 41 heavy (non-hydrogen) atoms. The summed E-state index contributed by atoms with van der Waals surface area (Å²) in [5.41, 5.74) is 1.22. The van der Waals surface area contributed by atoms with E-state index < -0.39 is 33.6 Å². The lowest BCUT2D eigenvalue weighted by molar-refractivity contribution is -0.274. The quantitative estimate of drug-likeness (QED) is 0.458. The van der Waals surface area contributed by atoms with Crippen molar-refractivity contribution in [3.8, 4) is 5.75 Å². The van der Waals surface area contributed by atoms with Gasteiger partial charge in [0.15, 0.2) is 0 Å². The number of sulfonamides is 1. The molecule has 2 aromatic carbocycles. The molecule has 0 aliphatic carbocycles. The van der Waals surface area contributed by atoms with Gasteiger partial charge >= 0.3 is 6.36 Å². The zero-order valence-electron chi connectivity index (χ0n) is 22.6. The maximum Gasteiger partial charge on any atom is 0.573 e. The van der Waals surface area contributed by atoms with Gasteiger partial charge in [-0.15, -0.1) is 13.2 Å². The maximum atomic E-state index is 13.2. The molecule has 2 aliphatic heterocycles. The Hall–Kier alpha value is -3.49. The molecule has 1 spiro atoms. The van der Waals surface area contributed by atoms with Crippen LogP contribution < -0.4 is 15.0 Å². The molecule has 2 heterocycles. The van der Waals surface area contributed by atoms with Gasteiger partial charge in [0, 0.05) is 37.8 Å².